The zero-order valence-electron chi connectivity index (χ0n) is 9.55. The number of H-pyrrole nitrogens is 1. The van der Waals surface area contributed by atoms with E-state index in [1.54, 1.807) is 18.2 Å². The molecular formula is C12H9ClN2O2S2. The number of rotatable bonds is 3. The van der Waals surface area contributed by atoms with Crippen molar-refractivity contribution in [2.75, 3.05) is 4.72 Å². The lowest BCUT2D eigenvalue weighted by Gasteiger charge is -2.06. The number of hydrogen-bond acceptors (Lipinski definition) is 3. The molecule has 0 fully saturated rings. The van der Waals surface area contributed by atoms with Crippen LogP contribution < -0.4 is 4.72 Å². The minimum atomic E-state index is -3.57. The minimum Gasteiger partial charge on any atom is -0.361 e. The summed E-state index contributed by atoms with van der Waals surface area (Å²) in [5.74, 6) is 0. The van der Waals surface area contributed by atoms with E-state index in [0.29, 0.717) is 10.0 Å². The van der Waals surface area contributed by atoms with E-state index < -0.39 is 10.0 Å². The van der Waals surface area contributed by atoms with Gasteiger partial charge in [0.25, 0.3) is 10.0 Å². The van der Waals surface area contributed by atoms with Crippen molar-refractivity contribution < 1.29 is 8.42 Å². The molecule has 0 saturated heterocycles. The summed E-state index contributed by atoms with van der Waals surface area (Å²) in [6.07, 6.45) is 1.81. The molecule has 0 bridgehead atoms. The van der Waals surface area contributed by atoms with Gasteiger partial charge in [0.05, 0.1) is 4.34 Å². The summed E-state index contributed by atoms with van der Waals surface area (Å²) in [7, 11) is -3.57. The van der Waals surface area contributed by atoms with Gasteiger partial charge in [-0.15, -0.1) is 11.3 Å². The van der Waals surface area contributed by atoms with E-state index in [2.05, 4.69) is 9.71 Å². The second-order valence-corrected chi connectivity index (χ2v) is 7.57. The normalized spacial score (nSPS) is 11.8. The quantitative estimate of drug-likeness (QED) is 0.775. The number of benzene rings is 1. The van der Waals surface area contributed by atoms with Crippen LogP contribution in [0.2, 0.25) is 4.34 Å². The highest BCUT2D eigenvalue weighted by Gasteiger charge is 2.16. The van der Waals surface area contributed by atoms with Crippen LogP contribution in [-0.4, -0.2) is 13.4 Å². The van der Waals surface area contributed by atoms with E-state index in [-0.39, 0.29) is 4.21 Å². The highest BCUT2D eigenvalue weighted by molar-refractivity contribution is 7.94. The van der Waals surface area contributed by atoms with Gasteiger partial charge in [0.1, 0.15) is 4.21 Å². The molecule has 1 aromatic carbocycles. The SMILES string of the molecule is O=S(=O)(Nc1ccc2[nH]ccc2c1)c1ccc(Cl)s1. The summed E-state index contributed by atoms with van der Waals surface area (Å²) < 4.78 is 27.4. The highest BCUT2D eigenvalue weighted by atomic mass is 35.5. The van der Waals surface area contributed by atoms with Crippen molar-refractivity contribution in [3.63, 3.8) is 0 Å². The largest absolute Gasteiger partial charge is 0.361 e. The molecule has 4 nitrogen and oxygen atoms in total. The first-order valence-electron chi connectivity index (χ1n) is 5.40. The molecule has 0 saturated carbocycles. The Morgan fingerprint density at radius 3 is 2.74 bits per heavy atom. The molecule has 2 heterocycles. The third-order valence-corrected chi connectivity index (χ3v) is 5.72. The fourth-order valence-electron chi connectivity index (χ4n) is 1.76. The number of sulfonamides is 1. The Hall–Kier alpha value is -1.50. The third-order valence-electron chi connectivity index (χ3n) is 2.62. The molecule has 0 radical (unpaired) electrons. The van der Waals surface area contributed by atoms with Crippen LogP contribution in [0.4, 0.5) is 5.69 Å². The van der Waals surface area contributed by atoms with Crippen LogP contribution in [0.25, 0.3) is 10.9 Å². The zero-order chi connectivity index (χ0) is 13.5. The molecule has 0 spiro atoms. The Morgan fingerprint density at radius 1 is 1.16 bits per heavy atom. The molecule has 3 aromatic rings. The van der Waals surface area contributed by atoms with Gasteiger partial charge in [-0.1, -0.05) is 11.6 Å². The Balaban J connectivity index is 1.95. The summed E-state index contributed by atoms with van der Waals surface area (Å²) in [6, 6.07) is 10.3. The smallest absolute Gasteiger partial charge is 0.271 e. The maximum Gasteiger partial charge on any atom is 0.271 e. The minimum absolute atomic E-state index is 0.201. The number of nitrogens with one attached hydrogen (secondary N) is 2. The molecule has 3 rings (SSSR count). The standard InChI is InChI=1S/C12H9ClN2O2S2/c13-11-3-4-12(18-11)19(16,17)15-9-1-2-10-8(7-9)5-6-14-10/h1-7,14-15H. The van der Waals surface area contributed by atoms with Crippen molar-refractivity contribution in [2.24, 2.45) is 0 Å². The fraction of sp³-hybridized carbons (Fsp3) is 0. The number of fused-ring (bicyclic) bond motifs is 1. The zero-order valence-corrected chi connectivity index (χ0v) is 11.9. The molecule has 0 amide bonds. The molecule has 0 unspecified atom stereocenters. The molecule has 0 aliphatic heterocycles. The molecule has 2 aromatic heterocycles. The molecular weight excluding hydrogens is 304 g/mol. The number of anilines is 1. The summed E-state index contributed by atoms with van der Waals surface area (Å²) in [5.41, 5.74) is 1.48. The van der Waals surface area contributed by atoms with Crippen molar-refractivity contribution in [3.8, 4) is 0 Å². The predicted octanol–water partition coefficient (Wildman–Crippen LogP) is 3.68. The van der Waals surface area contributed by atoms with E-state index in [0.717, 1.165) is 22.2 Å². The second kappa shape index (κ2) is 4.56. The first-order chi connectivity index (χ1) is 9.04. The van der Waals surface area contributed by atoms with Crippen molar-refractivity contribution in [1.82, 2.24) is 4.98 Å². The van der Waals surface area contributed by atoms with Crippen molar-refractivity contribution in [2.45, 2.75) is 4.21 Å². The van der Waals surface area contributed by atoms with E-state index >= 15 is 0 Å². The van der Waals surface area contributed by atoms with Crippen LogP contribution in [-0.2, 0) is 10.0 Å². The van der Waals surface area contributed by atoms with Crippen LogP contribution in [0.1, 0.15) is 0 Å². The van der Waals surface area contributed by atoms with Crippen molar-refractivity contribution in [1.29, 1.82) is 0 Å². The van der Waals surface area contributed by atoms with Crippen molar-refractivity contribution in [3.05, 3.63) is 46.9 Å². The van der Waals surface area contributed by atoms with Gasteiger partial charge in [-0.25, -0.2) is 8.42 Å². The highest BCUT2D eigenvalue weighted by Crippen LogP contribution is 2.28. The predicted molar refractivity (Wildman–Crippen MR) is 78.4 cm³/mol. The van der Waals surface area contributed by atoms with E-state index in [1.165, 1.54) is 6.07 Å². The third kappa shape index (κ3) is 2.47. The Labute approximate surface area is 119 Å². The molecule has 2 N–H and O–H groups in total. The van der Waals surface area contributed by atoms with Crippen LogP contribution >= 0.6 is 22.9 Å². The van der Waals surface area contributed by atoms with Gasteiger partial charge in [-0.2, -0.15) is 0 Å². The van der Waals surface area contributed by atoms with E-state index in [4.69, 9.17) is 11.6 Å². The molecule has 19 heavy (non-hydrogen) atoms. The van der Waals surface area contributed by atoms with Gasteiger partial charge in [-0.05, 0) is 36.4 Å². The maximum atomic E-state index is 12.1. The lowest BCUT2D eigenvalue weighted by Crippen LogP contribution is -2.11. The summed E-state index contributed by atoms with van der Waals surface area (Å²) in [4.78, 5) is 3.05. The van der Waals surface area contributed by atoms with Gasteiger partial charge in [0.2, 0.25) is 0 Å². The number of aromatic nitrogens is 1. The van der Waals surface area contributed by atoms with Crippen LogP contribution in [0.3, 0.4) is 0 Å². The Kier molecular flexibility index (Phi) is 3.00. The topological polar surface area (TPSA) is 62.0 Å². The van der Waals surface area contributed by atoms with Gasteiger partial charge in [-0.3, -0.25) is 4.72 Å². The lowest BCUT2D eigenvalue weighted by atomic mass is 10.2. The summed E-state index contributed by atoms with van der Waals surface area (Å²) in [6.45, 7) is 0. The Morgan fingerprint density at radius 2 is 2.00 bits per heavy atom. The fourth-order valence-corrected chi connectivity index (χ4v) is 4.30. The number of halogens is 1. The number of aromatic amines is 1. The van der Waals surface area contributed by atoms with Gasteiger partial charge in [0, 0.05) is 22.8 Å². The van der Waals surface area contributed by atoms with Gasteiger partial charge >= 0.3 is 0 Å². The second-order valence-electron chi connectivity index (χ2n) is 3.94. The Bertz CT molecular complexity index is 836. The molecule has 0 atom stereocenters. The van der Waals surface area contributed by atoms with Crippen LogP contribution in [0.5, 0.6) is 0 Å². The van der Waals surface area contributed by atoms with Crippen LogP contribution in [0.15, 0.2) is 46.8 Å². The van der Waals surface area contributed by atoms with Gasteiger partial charge in [0.15, 0.2) is 0 Å². The number of thiophene rings is 1. The lowest BCUT2D eigenvalue weighted by molar-refractivity contribution is 0.603. The number of hydrogen-bond donors (Lipinski definition) is 2. The van der Waals surface area contributed by atoms with E-state index in [1.807, 2.05) is 18.3 Å². The monoisotopic (exact) mass is 312 g/mol. The molecule has 98 valence electrons. The first-order valence-corrected chi connectivity index (χ1v) is 8.08. The summed E-state index contributed by atoms with van der Waals surface area (Å²) in [5, 5.41) is 0.949. The van der Waals surface area contributed by atoms with E-state index in [9.17, 15) is 8.42 Å². The average Bonchev–Trinajstić information content (AvgIpc) is 2.96. The van der Waals surface area contributed by atoms with Crippen LogP contribution in [0, 0.1) is 0 Å². The average molecular weight is 313 g/mol. The first kappa shape index (κ1) is 12.5. The summed E-state index contributed by atoms with van der Waals surface area (Å²) >= 11 is 6.78. The molecule has 7 heteroatoms. The molecule has 0 aliphatic carbocycles. The molecule has 0 aliphatic rings. The van der Waals surface area contributed by atoms with Gasteiger partial charge < -0.3 is 4.98 Å². The maximum absolute atomic E-state index is 12.1. The van der Waals surface area contributed by atoms with Crippen molar-refractivity contribution >= 4 is 49.6 Å².